The largest absolute Gasteiger partial charge is 0.379 e. The van der Waals surface area contributed by atoms with E-state index in [0.29, 0.717) is 0 Å². The second-order valence-corrected chi connectivity index (χ2v) is 6.19. The van der Waals surface area contributed by atoms with E-state index in [9.17, 15) is 5.11 Å². The molecule has 0 aromatic heterocycles. The molecule has 0 aliphatic heterocycles. The number of nitrogens with one attached hydrogen (secondary N) is 1. The lowest BCUT2D eigenvalue weighted by Crippen LogP contribution is -2.23. The molecule has 0 saturated carbocycles. The Hall–Kier alpha value is -0.0800. The molecule has 1 atom stereocenters. The number of rotatable bonds is 16. The Balaban J connectivity index is 2.96. The van der Waals surface area contributed by atoms with Crippen molar-refractivity contribution in [3.63, 3.8) is 0 Å². The Morgan fingerprint density at radius 3 is 1.35 bits per heavy atom. The monoisotopic (exact) mass is 285 g/mol. The van der Waals surface area contributed by atoms with Crippen LogP contribution in [0.4, 0.5) is 0 Å². The Morgan fingerprint density at radius 1 is 0.650 bits per heavy atom. The summed E-state index contributed by atoms with van der Waals surface area (Å²) in [5, 5.41) is 12.2. The lowest BCUT2D eigenvalue weighted by Gasteiger charge is -2.08. The van der Waals surface area contributed by atoms with E-state index in [1.807, 2.05) is 7.05 Å². The van der Waals surface area contributed by atoms with Crippen molar-refractivity contribution in [1.82, 2.24) is 5.32 Å². The van der Waals surface area contributed by atoms with Crippen LogP contribution in [0.15, 0.2) is 0 Å². The second-order valence-electron chi connectivity index (χ2n) is 6.19. The van der Waals surface area contributed by atoms with E-state index >= 15 is 0 Å². The van der Waals surface area contributed by atoms with E-state index in [2.05, 4.69) is 12.2 Å². The molecular weight excluding hydrogens is 246 g/mol. The van der Waals surface area contributed by atoms with Crippen LogP contribution in [0.25, 0.3) is 0 Å². The summed E-state index contributed by atoms with van der Waals surface area (Å²) in [5.41, 5.74) is 0. The number of aliphatic hydroxyl groups excluding tert-OH is 1. The van der Waals surface area contributed by atoms with E-state index in [1.165, 1.54) is 83.5 Å². The molecule has 1 unspecified atom stereocenters. The molecule has 2 heteroatoms. The minimum absolute atomic E-state index is 0.299. The lowest BCUT2D eigenvalue weighted by atomic mass is 10.0. The Kier molecular flexibility index (Phi) is 16.9. The van der Waals surface area contributed by atoms with Crippen LogP contribution in [0, 0.1) is 0 Å². The van der Waals surface area contributed by atoms with Crippen molar-refractivity contribution in [3.05, 3.63) is 0 Å². The maximum atomic E-state index is 9.34. The molecule has 0 spiro atoms. The van der Waals surface area contributed by atoms with Crippen LogP contribution in [0.3, 0.4) is 0 Å². The van der Waals surface area contributed by atoms with Gasteiger partial charge in [-0.25, -0.2) is 0 Å². The second kappa shape index (κ2) is 17.0. The zero-order valence-electron chi connectivity index (χ0n) is 14.1. The molecule has 0 aliphatic rings. The molecule has 122 valence electrons. The number of unbranched alkanes of at least 4 members (excludes halogenated alkanes) is 13. The fraction of sp³-hybridized carbons (Fsp3) is 1.00. The van der Waals surface area contributed by atoms with Crippen molar-refractivity contribution >= 4 is 0 Å². The van der Waals surface area contributed by atoms with Gasteiger partial charge in [0.15, 0.2) is 0 Å². The normalized spacial score (nSPS) is 12.8. The van der Waals surface area contributed by atoms with Gasteiger partial charge in [-0.1, -0.05) is 90.4 Å². The van der Waals surface area contributed by atoms with Crippen LogP contribution in [0.5, 0.6) is 0 Å². The summed E-state index contributed by atoms with van der Waals surface area (Å²) in [6.45, 7) is 2.28. The Morgan fingerprint density at radius 2 is 1.00 bits per heavy atom. The Bertz CT molecular complexity index is 173. The number of hydrogen-bond donors (Lipinski definition) is 2. The summed E-state index contributed by atoms with van der Waals surface area (Å²) in [6.07, 6.45) is 20.0. The summed E-state index contributed by atoms with van der Waals surface area (Å²) in [4.78, 5) is 0. The molecule has 0 fully saturated rings. The molecule has 0 aromatic rings. The van der Waals surface area contributed by atoms with Gasteiger partial charge in [-0.05, 0) is 19.9 Å². The van der Waals surface area contributed by atoms with E-state index in [4.69, 9.17) is 0 Å². The fourth-order valence-electron chi connectivity index (χ4n) is 2.68. The highest BCUT2D eigenvalue weighted by Crippen LogP contribution is 2.13. The van der Waals surface area contributed by atoms with Crippen LogP contribution in [-0.2, 0) is 0 Å². The van der Waals surface area contributed by atoms with Gasteiger partial charge in [0.05, 0.1) is 0 Å². The highest BCUT2D eigenvalue weighted by molar-refractivity contribution is 4.52. The minimum Gasteiger partial charge on any atom is -0.379 e. The first-order valence-electron chi connectivity index (χ1n) is 9.16. The average Bonchev–Trinajstić information content (AvgIpc) is 2.47. The van der Waals surface area contributed by atoms with Crippen LogP contribution in [0.2, 0.25) is 0 Å². The molecule has 2 nitrogen and oxygen atoms in total. The first kappa shape index (κ1) is 19.9. The molecule has 0 rings (SSSR count). The van der Waals surface area contributed by atoms with E-state index in [-0.39, 0.29) is 6.23 Å². The third-order valence-corrected chi connectivity index (χ3v) is 4.16. The highest BCUT2D eigenvalue weighted by atomic mass is 16.3. The standard InChI is InChI=1S/C18H39NO/c1-3-4-5-6-7-8-9-10-11-12-13-14-15-16-17-18(20)19-2/h18-20H,3-17H2,1-2H3. The maximum absolute atomic E-state index is 9.34. The summed E-state index contributed by atoms with van der Waals surface area (Å²) in [6, 6.07) is 0. The highest BCUT2D eigenvalue weighted by Gasteiger charge is 1.98. The van der Waals surface area contributed by atoms with Crippen LogP contribution in [0.1, 0.15) is 103 Å². The molecule has 0 bridgehead atoms. The molecule has 0 amide bonds. The first-order chi connectivity index (χ1) is 9.81. The quantitative estimate of drug-likeness (QED) is 0.294. The lowest BCUT2D eigenvalue weighted by molar-refractivity contribution is 0.133. The summed E-state index contributed by atoms with van der Waals surface area (Å²) >= 11 is 0. The third-order valence-electron chi connectivity index (χ3n) is 4.16. The minimum atomic E-state index is -0.299. The van der Waals surface area contributed by atoms with Crippen molar-refractivity contribution < 1.29 is 5.11 Å². The molecule has 2 N–H and O–H groups in total. The molecule has 0 aliphatic carbocycles. The van der Waals surface area contributed by atoms with Crippen molar-refractivity contribution in [1.29, 1.82) is 0 Å². The van der Waals surface area contributed by atoms with Crippen molar-refractivity contribution in [2.75, 3.05) is 7.05 Å². The van der Waals surface area contributed by atoms with E-state index in [0.717, 1.165) is 12.8 Å². The first-order valence-corrected chi connectivity index (χ1v) is 9.16. The van der Waals surface area contributed by atoms with Gasteiger partial charge in [-0.15, -0.1) is 0 Å². The van der Waals surface area contributed by atoms with Crippen LogP contribution < -0.4 is 5.32 Å². The molecule has 0 heterocycles. The summed E-state index contributed by atoms with van der Waals surface area (Å²) in [7, 11) is 1.81. The van der Waals surface area contributed by atoms with Gasteiger partial charge in [0.1, 0.15) is 6.23 Å². The predicted molar refractivity (Wildman–Crippen MR) is 90.0 cm³/mol. The number of hydrogen-bond acceptors (Lipinski definition) is 2. The van der Waals surface area contributed by atoms with Crippen molar-refractivity contribution in [3.8, 4) is 0 Å². The van der Waals surface area contributed by atoms with Gasteiger partial charge in [0.25, 0.3) is 0 Å². The zero-order chi connectivity index (χ0) is 14.9. The van der Waals surface area contributed by atoms with Crippen molar-refractivity contribution in [2.45, 2.75) is 109 Å². The van der Waals surface area contributed by atoms with E-state index < -0.39 is 0 Å². The average molecular weight is 286 g/mol. The molecule has 0 radical (unpaired) electrons. The van der Waals surface area contributed by atoms with Gasteiger partial charge >= 0.3 is 0 Å². The van der Waals surface area contributed by atoms with Gasteiger partial charge in [-0.2, -0.15) is 0 Å². The van der Waals surface area contributed by atoms with Gasteiger partial charge in [-0.3, -0.25) is 5.32 Å². The van der Waals surface area contributed by atoms with Gasteiger partial charge in [0, 0.05) is 0 Å². The van der Waals surface area contributed by atoms with E-state index in [1.54, 1.807) is 0 Å². The van der Waals surface area contributed by atoms with Gasteiger partial charge in [0.2, 0.25) is 0 Å². The topological polar surface area (TPSA) is 32.3 Å². The molecule has 0 aromatic carbocycles. The molecular formula is C18H39NO. The summed E-state index contributed by atoms with van der Waals surface area (Å²) < 4.78 is 0. The Labute approximate surface area is 127 Å². The van der Waals surface area contributed by atoms with Crippen molar-refractivity contribution in [2.24, 2.45) is 0 Å². The number of aliphatic hydroxyl groups is 1. The van der Waals surface area contributed by atoms with Crippen LogP contribution in [-0.4, -0.2) is 18.4 Å². The summed E-state index contributed by atoms with van der Waals surface area (Å²) in [5.74, 6) is 0. The van der Waals surface area contributed by atoms with Gasteiger partial charge < -0.3 is 5.11 Å². The predicted octanol–water partition coefficient (Wildman–Crippen LogP) is 5.40. The SMILES string of the molecule is CCCCCCCCCCCCCCCCC(O)NC. The zero-order valence-corrected chi connectivity index (χ0v) is 14.1. The molecule has 20 heavy (non-hydrogen) atoms. The smallest absolute Gasteiger partial charge is 0.104 e. The fourth-order valence-corrected chi connectivity index (χ4v) is 2.68. The van der Waals surface area contributed by atoms with Crippen LogP contribution >= 0.6 is 0 Å². The maximum Gasteiger partial charge on any atom is 0.104 e. The molecule has 0 saturated heterocycles. The third kappa shape index (κ3) is 16.0.